The minimum absolute atomic E-state index is 0.217. The summed E-state index contributed by atoms with van der Waals surface area (Å²) in [6.45, 7) is 7.70. The molecule has 4 N–H and O–H groups in total. The molecule has 0 amide bonds. The predicted molar refractivity (Wildman–Crippen MR) is 74.1 cm³/mol. The zero-order valence-corrected chi connectivity index (χ0v) is 10.9. The third kappa shape index (κ3) is 3.63. The number of nitrogens with zero attached hydrogens (tertiary/aromatic N) is 1. The summed E-state index contributed by atoms with van der Waals surface area (Å²) in [6.07, 6.45) is 0. The first-order chi connectivity index (χ1) is 8.60. The normalized spacial score (nSPS) is 10.6. The first-order valence-electron chi connectivity index (χ1n) is 6.18. The zero-order valence-electron chi connectivity index (χ0n) is 10.9. The van der Waals surface area contributed by atoms with Crippen LogP contribution in [0.5, 0.6) is 0 Å². The first kappa shape index (κ1) is 14.3. The Morgan fingerprint density at radius 2 is 2.06 bits per heavy atom. The number of carboxylic acid groups (broad SMARTS) is 1. The maximum Gasteiger partial charge on any atom is 0.337 e. The minimum atomic E-state index is -0.965. The molecule has 0 heterocycles. The monoisotopic (exact) mass is 251 g/mol. The molecule has 0 bridgehead atoms. The molecular weight excluding hydrogens is 230 g/mol. The van der Waals surface area contributed by atoms with Gasteiger partial charge in [-0.3, -0.25) is 0 Å². The number of para-hydroxylation sites is 1. The van der Waals surface area contributed by atoms with Crippen molar-refractivity contribution in [3.8, 4) is 0 Å². The molecule has 1 aromatic rings. The summed E-state index contributed by atoms with van der Waals surface area (Å²) in [5.41, 5.74) is 7.00. The Hall–Kier alpha value is -1.75. The van der Waals surface area contributed by atoms with E-state index >= 15 is 0 Å². The van der Waals surface area contributed by atoms with Crippen molar-refractivity contribution in [2.75, 3.05) is 37.2 Å². The number of hydrogen-bond donors (Lipinski definition) is 3. The van der Waals surface area contributed by atoms with Gasteiger partial charge in [0.25, 0.3) is 0 Å². The molecule has 100 valence electrons. The fraction of sp³-hybridized carbons (Fsp3) is 0.462. The molecule has 0 radical (unpaired) electrons. The van der Waals surface area contributed by atoms with Gasteiger partial charge in [0.05, 0.1) is 16.9 Å². The van der Waals surface area contributed by atoms with Gasteiger partial charge in [0, 0.05) is 13.1 Å². The summed E-state index contributed by atoms with van der Waals surface area (Å²) in [5, 5.41) is 12.2. The van der Waals surface area contributed by atoms with Crippen LogP contribution in [0.2, 0.25) is 0 Å². The van der Waals surface area contributed by atoms with Crippen LogP contribution in [-0.2, 0) is 0 Å². The van der Waals surface area contributed by atoms with Gasteiger partial charge in [0.15, 0.2) is 0 Å². The van der Waals surface area contributed by atoms with E-state index in [0.717, 1.165) is 19.6 Å². The number of nitrogen functional groups attached to an aromatic ring is 1. The van der Waals surface area contributed by atoms with E-state index in [1.807, 2.05) is 0 Å². The molecule has 0 saturated carbocycles. The van der Waals surface area contributed by atoms with E-state index in [1.165, 1.54) is 0 Å². The summed E-state index contributed by atoms with van der Waals surface area (Å²) < 4.78 is 0. The largest absolute Gasteiger partial charge is 0.478 e. The van der Waals surface area contributed by atoms with E-state index in [0.29, 0.717) is 17.9 Å². The molecule has 0 atom stereocenters. The lowest BCUT2D eigenvalue weighted by Crippen LogP contribution is -2.29. The number of carboxylic acids is 1. The number of aromatic carboxylic acids is 1. The predicted octanol–water partition coefficient (Wildman–Crippen LogP) is 1.72. The number of nitrogens with one attached hydrogen (secondary N) is 1. The summed E-state index contributed by atoms with van der Waals surface area (Å²) in [4.78, 5) is 13.3. The van der Waals surface area contributed by atoms with Gasteiger partial charge in [-0.25, -0.2) is 4.79 Å². The number of anilines is 2. The number of benzene rings is 1. The Morgan fingerprint density at radius 1 is 1.39 bits per heavy atom. The summed E-state index contributed by atoms with van der Waals surface area (Å²) in [5.74, 6) is -0.965. The standard InChI is InChI=1S/C13H21N3O2/c1-3-16(4-2)9-8-15-12-10(13(17)18)6-5-7-11(12)14/h5-7,15H,3-4,8-9,14H2,1-2H3,(H,17,18). The quantitative estimate of drug-likeness (QED) is 0.643. The van der Waals surface area contributed by atoms with Crippen molar-refractivity contribution >= 4 is 17.3 Å². The lowest BCUT2D eigenvalue weighted by molar-refractivity contribution is 0.0698. The van der Waals surface area contributed by atoms with Gasteiger partial charge in [-0.05, 0) is 25.2 Å². The van der Waals surface area contributed by atoms with E-state index in [4.69, 9.17) is 10.8 Å². The second kappa shape index (κ2) is 6.86. The van der Waals surface area contributed by atoms with E-state index in [-0.39, 0.29) is 5.56 Å². The Balaban J connectivity index is 2.69. The maximum atomic E-state index is 11.1. The van der Waals surface area contributed by atoms with Crippen LogP contribution in [-0.4, -0.2) is 42.2 Å². The summed E-state index contributed by atoms with van der Waals surface area (Å²) >= 11 is 0. The van der Waals surface area contributed by atoms with Gasteiger partial charge in [0.1, 0.15) is 0 Å². The van der Waals surface area contributed by atoms with Crippen molar-refractivity contribution in [2.24, 2.45) is 0 Å². The van der Waals surface area contributed by atoms with Crippen molar-refractivity contribution in [1.82, 2.24) is 4.90 Å². The van der Waals surface area contributed by atoms with E-state index in [2.05, 4.69) is 24.1 Å². The molecule has 0 spiro atoms. The molecule has 1 rings (SSSR count). The third-order valence-electron chi connectivity index (χ3n) is 2.95. The smallest absolute Gasteiger partial charge is 0.337 e. The van der Waals surface area contributed by atoms with E-state index < -0.39 is 5.97 Å². The Labute approximate surface area is 108 Å². The molecule has 5 heteroatoms. The van der Waals surface area contributed by atoms with Crippen molar-refractivity contribution < 1.29 is 9.90 Å². The molecule has 0 fully saturated rings. The van der Waals surface area contributed by atoms with Crippen molar-refractivity contribution in [3.05, 3.63) is 23.8 Å². The summed E-state index contributed by atoms with van der Waals surface area (Å²) in [6, 6.07) is 4.90. The van der Waals surface area contributed by atoms with Crippen LogP contribution in [0.4, 0.5) is 11.4 Å². The fourth-order valence-corrected chi connectivity index (χ4v) is 1.82. The minimum Gasteiger partial charge on any atom is -0.478 e. The topological polar surface area (TPSA) is 78.6 Å². The van der Waals surface area contributed by atoms with Crippen LogP contribution in [0.25, 0.3) is 0 Å². The highest BCUT2D eigenvalue weighted by Gasteiger charge is 2.12. The van der Waals surface area contributed by atoms with Gasteiger partial charge >= 0.3 is 5.97 Å². The van der Waals surface area contributed by atoms with Crippen molar-refractivity contribution in [3.63, 3.8) is 0 Å². The molecule has 18 heavy (non-hydrogen) atoms. The molecule has 0 aliphatic carbocycles. The average molecular weight is 251 g/mol. The number of rotatable bonds is 7. The van der Waals surface area contributed by atoms with Crippen molar-refractivity contribution in [1.29, 1.82) is 0 Å². The Kier molecular flexibility index (Phi) is 5.45. The zero-order chi connectivity index (χ0) is 13.5. The average Bonchev–Trinajstić information content (AvgIpc) is 2.36. The maximum absolute atomic E-state index is 11.1. The molecule has 0 saturated heterocycles. The van der Waals surface area contributed by atoms with Gasteiger partial charge in [-0.15, -0.1) is 0 Å². The lowest BCUT2D eigenvalue weighted by atomic mass is 10.1. The molecule has 5 nitrogen and oxygen atoms in total. The molecule has 0 aliphatic heterocycles. The van der Waals surface area contributed by atoms with Gasteiger partial charge < -0.3 is 21.1 Å². The van der Waals surface area contributed by atoms with Crippen LogP contribution in [0, 0.1) is 0 Å². The van der Waals surface area contributed by atoms with Crippen LogP contribution in [0.3, 0.4) is 0 Å². The van der Waals surface area contributed by atoms with Gasteiger partial charge in [0.2, 0.25) is 0 Å². The van der Waals surface area contributed by atoms with Crippen molar-refractivity contribution in [2.45, 2.75) is 13.8 Å². The molecule has 0 aliphatic rings. The van der Waals surface area contributed by atoms with Crippen LogP contribution in [0.1, 0.15) is 24.2 Å². The molecular formula is C13H21N3O2. The SMILES string of the molecule is CCN(CC)CCNc1c(N)cccc1C(=O)O. The molecule has 0 unspecified atom stereocenters. The third-order valence-corrected chi connectivity index (χ3v) is 2.95. The molecule has 1 aromatic carbocycles. The Bertz CT molecular complexity index is 403. The number of carbonyl (C=O) groups is 1. The van der Waals surface area contributed by atoms with Gasteiger partial charge in [-0.1, -0.05) is 19.9 Å². The van der Waals surface area contributed by atoms with Crippen LogP contribution >= 0.6 is 0 Å². The first-order valence-corrected chi connectivity index (χ1v) is 6.18. The second-order valence-corrected chi connectivity index (χ2v) is 4.03. The van der Waals surface area contributed by atoms with E-state index in [9.17, 15) is 4.79 Å². The van der Waals surface area contributed by atoms with Crippen LogP contribution in [0.15, 0.2) is 18.2 Å². The Morgan fingerprint density at radius 3 is 2.61 bits per heavy atom. The van der Waals surface area contributed by atoms with Crippen LogP contribution < -0.4 is 11.1 Å². The van der Waals surface area contributed by atoms with E-state index in [1.54, 1.807) is 18.2 Å². The highest BCUT2D eigenvalue weighted by atomic mass is 16.4. The highest BCUT2D eigenvalue weighted by molar-refractivity contribution is 5.97. The summed E-state index contributed by atoms with van der Waals surface area (Å²) in [7, 11) is 0. The fourth-order valence-electron chi connectivity index (χ4n) is 1.82. The second-order valence-electron chi connectivity index (χ2n) is 4.03. The molecule has 0 aromatic heterocycles. The number of nitrogens with two attached hydrogens (primary N) is 1. The lowest BCUT2D eigenvalue weighted by Gasteiger charge is -2.19. The number of likely N-dealkylation sites (N-methyl/N-ethyl adjacent to an activating group) is 1. The highest BCUT2D eigenvalue weighted by Crippen LogP contribution is 2.23. The number of hydrogen-bond acceptors (Lipinski definition) is 4. The van der Waals surface area contributed by atoms with Gasteiger partial charge in [-0.2, -0.15) is 0 Å².